The molecule has 1 aromatic rings. The number of alkyl halides is 3. The second kappa shape index (κ2) is 6.76. The highest BCUT2D eigenvalue weighted by molar-refractivity contribution is 6.33. The van der Waals surface area contributed by atoms with Gasteiger partial charge in [-0.15, -0.1) is 0 Å². The molecule has 0 amide bonds. The molecule has 1 aromatic carbocycles. The lowest BCUT2D eigenvalue weighted by atomic mass is 9.75. The van der Waals surface area contributed by atoms with Gasteiger partial charge in [-0.2, -0.15) is 13.2 Å². The summed E-state index contributed by atoms with van der Waals surface area (Å²) < 4.78 is 38.9. The van der Waals surface area contributed by atoms with Crippen molar-refractivity contribution in [3.05, 3.63) is 33.8 Å². The van der Waals surface area contributed by atoms with Crippen LogP contribution in [0.3, 0.4) is 0 Å². The second-order valence-electron chi connectivity index (χ2n) is 5.60. The fraction of sp³-hybridized carbons (Fsp3) is 0.600. The summed E-state index contributed by atoms with van der Waals surface area (Å²) in [5.41, 5.74) is 0.777. The molecule has 0 spiro atoms. The summed E-state index contributed by atoms with van der Waals surface area (Å²) in [5.74, 6) is -1.31. The van der Waals surface area contributed by atoms with Gasteiger partial charge >= 0.3 is 6.18 Å². The summed E-state index contributed by atoms with van der Waals surface area (Å²) in [6.45, 7) is 0. The van der Waals surface area contributed by atoms with E-state index in [4.69, 9.17) is 23.2 Å². The van der Waals surface area contributed by atoms with E-state index in [9.17, 15) is 13.2 Å². The van der Waals surface area contributed by atoms with E-state index in [0.29, 0.717) is 16.5 Å². The Morgan fingerprint density at radius 3 is 2.57 bits per heavy atom. The van der Waals surface area contributed by atoms with Crippen LogP contribution in [0.4, 0.5) is 13.2 Å². The Morgan fingerprint density at radius 1 is 1.24 bits per heavy atom. The van der Waals surface area contributed by atoms with Gasteiger partial charge in [-0.25, -0.2) is 0 Å². The van der Waals surface area contributed by atoms with Gasteiger partial charge in [0.05, 0.1) is 5.92 Å². The molecular formula is C15H18Cl2F3N. The standard InChI is InChI=1S/C15H18Cl2F3N/c1-21-14(12-8-11(16)5-6-13(12)17)9-3-2-4-10(7-9)15(18,19)20/h5-6,8-10,14,21H,2-4,7H2,1H3. The Kier molecular flexibility index (Phi) is 5.44. The first kappa shape index (κ1) is 16.9. The van der Waals surface area contributed by atoms with Gasteiger partial charge in [-0.1, -0.05) is 29.6 Å². The van der Waals surface area contributed by atoms with Gasteiger partial charge in [-0.3, -0.25) is 0 Å². The minimum Gasteiger partial charge on any atom is -0.313 e. The number of nitrogens with one attached hydrogen (secondary N) is 1. The average Bonchev–Trinajstić information content (AvgIpc) is 2.43. The van der Waals surface area contributed by atoms with Crippen molar-refractivity contribution in [3.63, 3.8) is 0 Å². The summed E-state index contributed by atoms with van der Waals surface area (Å²) in [7, 11) is 1.75. The lowest BCUT2D eigenvalue weighted by molar-refractivity contribution is -0.186. The van der Waals surface area contributed by atoms with Crippen LogP contribution in [0.15, 0.2) is 18.2 Å². The van der Waals surface area contributed by atoms with E-state index >= 15 is 0 Å². The molecular weight excluding hydrogens is 322 g/mol. The molecule has 21 heavy (non-hydrogen) atoms. The maximum absolute atomic E-state index is 13.0. The molecule has 0 aromatic heterocycles. The molecule has 3 unspecified atom stereocenters. The molecule has 0 heterocycles. The monoisotopic (exact) mass is 339 g/mol. The van der Waals surface area contributed by atoms with Gasteiger partial charge in [0.25, 0.3) is 0 Å². The summed E-state index contributed by atoms with van der Waals surface area (Å²) in [5, 5.41) is 4.19. The molecule has 118 valence electrons. The van der Waals surface area contributed by atoms with E-state index in [1.807, 2.05) is 0 Å². The van der Waals surface area contributed by atoms with E-state index in [1.165, 1.54) is 0 Å². The van der Waals surface area contributed by atoms with Crippen LogP contribution in [0, 0.1) is 11.8 Å². The topological polar surface area (TPSA) is 12.0 Å². The first-order chi connectivity index (χ1) is 9.82. The number of rotatable bonds is 3. The lowest BCUT2D eigenvalue weighted by Crippen LogP contribution is -2.34. The predicted molar refractivity (Wildman–Crippen MR) is 79.8 cm³/mol. The smallest absolute Gasteiger partial charge is 0.313 e. The highest BCUT2D eigenvalue weighted by Crippen LogP contribution is 2.45. The van der Waals surface area contributed by atoms with E-state index in [0.717, 1.165) is 12.0 Å². The third kappa shape index (κ3) is 4.05. The molecule has 1 aliphatic rings. The zero-order valence-electron chi connectivity index (χ0n) is 11.7. The van der Waals surface area contributed by atoms with Crippen LogP contribution < -0.4 is 5.32 Å². The third-order valence-electron chi connectivity index (χ3n) is 4.25. The number of hydrogen-bond acceptors (Lipinski definition) is 1. The SMILES string of the molecule is CNC(c1cc(Cl)ccc1Cl)C1CCCC(C(F)(F)F)C1. The first-order valence-electron chi connectivity index (χ1n) is 7.02. The van der Waals surface area contributed by atoms with Gasteiger partial charge in [0.15, 0.2) is 0 Å². The van der Waals surface area contributed by atoms with Crippen molar-refractivity contribution in [2.24, 2.45) is 11.8 Å². The number of halogens is 5. The van der Waals surface area contributed by atoms with Crippen LogP contribution in [0.2, 0.25) is 10.0 Å². The van der Waals surface area contributed by atoms with Gasteiger partial charge in [0.1, 0.15) is 0 Å². The molecule has 1 N–H and O–H groups in total. The third-order valence-corrected chi connectivity index (χ3v) is 4.83. The Bertz CT molecular complexity index is 490. The Labute approximate surface area is 132 Å². The van der Waals surface area contributed by atoms with Crippen molar-refractivity contribution < 1.29 is 13.2 Å². The molecule has 1 nitrogen and oxygen atoms in total. The summed E-state index contributed by atoms with van der Waals surface area (Å²) in [4.78, 5) is 0. The summed E-state index contributed by atoms with van der Waals surface area (Å²) in [6, 6.07) is 4.90. The van der Waals surface area contributed by atoms with Crippen LogP contribution in [-0.2, 0) is 0 Å². The Hall–Kier alpha value is -0.450. The molecule has 0 radical (unpaired) electrons. The van der Waals surface area contributed by atoms with E-state index < -0.39 is 12.1 Å². The fourth-order valence-electron chi connectivity index (χ4n) is 3.23. The summed E-state index contributed by atoms with van der Waals surface area (Å²) in [6.07, 6.45) is -2.40. The van der Waals surface area contributed by atoms with E-state index in [1.54, 1.807) is 25.2 Å². The van der Waals surface area contributed by atoms with Crippen LogP contribution in [-0.4, -0.2) is 13.2 Å². The predicted octanol–water partition coefficient (Wildman–Crippen LogP) is 5.62. The Balaban J connectivity index is 2.23. The molecule has 0 saturated heterocycles. The van der Waals surface area contributed by atoms with Crippen molar-refractivity contribution in [2.75, 3.05) is 7.05 Å². The molecule has 1 aliphatic carbocycles. The molecule has 0 bridgehead atoms. The molecule has 3 atom stereocenters. The first-order valence-corrected chi connectivity index (χ1v) is 7.77. The molecule has 6 heteroatoms. The van der Waals surface area contributed by atoms with Crippen molar-refractivity contribution in [1.82, 2.24) is 5.32 Å². The van der Waals surface area contributed by atoms with Crippen molar-refractivity contribution in [3.8, 4) is 0 Å². The van der Waals surface area contributed by atoms with Gasteiger partial charge < -0.3 is 5.32 Å². The van der Waals surface area contributed by atoms with Crippen LogP contribution in [0.1, 0.15) is 37.3 Å². The van der Waals surface area contributed by atoms with Crippen LogP contribution in [0.25, 0.3) is 0 Å². The second-order valence-corrected chi connectivity index (χ2v) is 6.44. The Morgan fingerprint density at radius 2 is 1.95 bits per heavy atom. The number of hydrogen-bond donors (Lipinski definition) is 1. The van der Waals surface area contributed by atoms with Crippen molar-refractivity contribution in [2.45, 2.75) is 37.9 Å². The minimum atomic E-state index is -4.12. The highest BCUT2D eigenvalue weighted by atomic mass is 35.5. The normalized spacial score (nSPS) is 24.9. The molecule has 2 rings (SSSR count). The molecule has 1 fully saturated rings. The maximum Gasteiger partial charge on any atom is 0.391 e. The van der Waals surface area contributed by atoms with Gasteiger partial charge in [-0.05, 0) is 56.0 Å². The van der Waals surface area contributed by atoms with Crippen molar-refractivity contribution >= 4 is 23.2 Å². The summed E-state index contributed by atoms with van der Waals surface area (Å²) >= 11 is 12.2. The van der Waals surface area contributed by atoms with Gasteiger partial charge in [0, 0.05) is 16.1 Å². The van der Waals surface area contributed by atoms with Gasteiger partial charge in [0.2, 0.25) is 0 Å². The van der Waals surface area contributed by atoms with Crippen LogP contribution >= 0.6 is 23.2 Å². The van der Waals surface area contributed by atoms with Crippen LogP contribution in [0.5, 0.6) is 0 Å². The quantitative estimate of drug-likeness (QED) is 0.753. The highest BCUT2D eigenvalue weighted by Gasteiger charge is 2.43. The zero-order chi connectivity index (χ0) is 15.6. The zero-order valence-corrected chi connectivity index (χ0v) is 13.2. The molecule has 0 aliphatic heterocycles. The van der Waals surface area contributed by atoms with Crippen molar-refractivity contribution in [1.29, 1.82) is 0 Å². The maximum atomic E-state index is 13.0. The lowest BCUT2D eigenvalue weighted by Gasteiger charge is -2.35. The number of benzene rings is 1. The van der Waals surface area contributed by atoms with E-state index in [2.05, 4.69) is 5.32 Å². The molecule has 1 saturated carbocycles. The average molecular weight is 340 g/mol. The fourth-order valence-corrected chi connectivity index (χ4v) is 3.64. The largest absolute Gasteiger partial charge is 0.391 e. The minimum absolute atomic E-state index is 0.0914. The van der Waals surface area contributed by atoms with E-state index in [-0.39, 0.29) is 24.8 Å².